The van der Waals surface area contributed by atoms with Crippen molar-refractivity contribution in [3.8, 4) is 0 Å². The molecule has 1 aromatic heterocycles. The number of pyridine rings is 1. The number of nitrogens with zero attached hydrogens (tertiary/aromatic N) is 1. The summed E-state index contributed by atoms with van der Waals surface area (Å²) in [5.74, 6) is 0.941. The topological polar surface area (TPSA) is 24.9 Å². The highest BCUT2D eigenvalue weighted by molar-refractivity contribution is 9.10. The van der Waals surface area contributed by atoms with Gasteiger partial charge in [0.1, 0.15) is 5.82 Å². The first-order valence-corrected chi connectivity index (χ1v) is 5.81. The Bertz CT molecular complexity index is 299. The van der Waals surface area contributed by atoms with Crippen LogP contribution >= 0.6 is 15.9 Å². The van der Waals surface area contributed by atoms with Gasteiger partial charge in [-0.15, -0.1) is 0 Å². The van der Waals surface area contributed by atoms with Gasteiger partial charge in [0.05, 0.1) is 4.47 Å². The largest absolute Gasteiger partial charge is 0.367 e. The minimum absolute atomic E-state index is 0.478. The Labute approximate surface area is 94.3 Å². The fraction of sp³-hybridized carbons (Fsp3) is 0.545. The summed E-state index contributed by atoms with van der Waals surface area (Å²) in [7, 11) is 0. The van der Waals surface area contributed by atoms with Gasteiger partial charge < -0.3 is 5.32 Å². The van der Waals surface area contributed by atoms with Gasteiger partial charge in [-0.2, -0.15) is 0 Å². The van der Waals surface area contributed by atoms with Crippen LogP contribution in [0.4, 0.5) is 5.82 Å². The number of hydrogen-bond donors (Lipinski definition) is 1. The second-order valence-electron chi connectivity index (χ2n) is 3.68. The number of aryl methyl sites for hydroxylation is 1. The van der Waals surface area contributed by atoms with Crippen molar-refractivity contribution in [2.24, 2.45) is 0 Å². The molecule has 0 aromatic carbocycles. The summed E-state index contributed by atoms with van der Waals surface area (Å²) in [6.07, 6.45) is 4.24. The molecule has 1 rings (SSSR count). The lowest BCUT2D eigenvalue weighted by Crippen LogP contribution is -2.15. The van der Waals surface area contributed by atoms with Crippen LogP contribution in [0.5, 0.6) is 0 Å². The van der Waals surface area contributed by atoms with Crippen LogP contribution in [0.25, 0.3) is 0 Å². The summed E-state index contributed by atoms with van der Waals surface area (Å²) in [4.78, 5) is 4.34. The van der Waals surface area contributed by atoms with Crippen molar-refractivity contribution < 1.29 is 0 Å². The zero-order chi connectivity index (χ0) is 10.6. The molecule has 1 atom stereocenters. The van der Waals surface area contributed by atoms with Crippen LogP contribution < -0.4 is 5.32 Å². The van der Waals surface area contributed by atoms with Gasteiger partial charge >= 0.3 is 0 Å². The molecule has 0 radical (unpaired) electrons. The molecule has 0 saturated carbocycles. The lowest BCUT2D eigenvalue weighted by Gasteiger charge is -2.14. The molecule has 0 aliphatic carbocycles. The SMILES string of the molecule is CCCC(C)Nc1ncc(C)cc1Br. The lowest BCUT2D eigenvalue weighted by molar-refractivity contribution is 0.687. The molecule has 3 heteroatoms. The molecule has 1 N–H and O–H groups in total. The van der Waals surface area contributed by atoms with Crippen LogP contribution in [0.3, 0.4) is 0 Å². The summed E-state index contributed by atoms with van der Waals surface area (Å²) in [6.45, 7) is 6.41. The second-order valence-corrected chi connectivity index (χ2v) is 4.53. The maximum Gasteiger partial charge on any atom is 0.140 e. The van der Waals surface area contributed by atoms with E-state index in [2.05, 4.69) is 46.1 Å². The Morgan fingerprint density at radius 1 is 1.57 bits per heavy atom. The van der Waals surface area contributed by atoms with E-state index in [1.165, 1.54) is 18.4 Å². The molecule has 1 aromatic rings. The van der Waals surface area contributed by atoms with Gasteiger partial charge in [0, 0.05) is 12.2 Å². The molecular formula is C11H17BrN2. The number of anilines is 1. The molecule has 0 aliphatic rings. The predicted molar refractivity (Wildman–Crippen MR) is 64.7 cm³/mol. The first kappa shape index (κ1) is 11.5. The van der Waals surface area contributed by atoms with Crippen molar-refractivity contribution in [1.29, 1.82) is 0 Å². The molecule has 1 unspecified atom stereocenters. The Hall–Kier alpha value is -0.570. The molecule has 0 bridgehead atoms. The highest BCUT2D eigenvalue weighted by Gasteiger charge is 2.05. The van der Waals surface area contributed by atoms with E-state index >= 15 is 0 Å². The van der Waals surface area contributed by atoms with Crippen LogP contribution in [0.2, 0.25) is 0 Å². The van der Waals surface area contributed by atoms with Crippen molar-refractivity contribution in [3.63, 3.8) is 0 Å². The molecule has 0 amide bonds. The predicted octanol–water partition coefficient (Wildman–Crippen LogP) is 3.75. The van der Waals surface area contributed by atoms with E-state index < -0.39 is 0 Å². The Balaban J connectivity index is 2.67. The van der Waals surface area contributed by atoms with E-state index in [0.29, 0.717) is 6.04 Å². The van der Waals surface area contributed by atoms with E-state index in [1.807, 2.05) is 13.1 Å². The standard InChI is InChI=1S/C11H17BrN2/c1-4-5-9(3)14-11-10(12)6-8(2)7-13-11/h6-7,9H,4-5H2,1-3H3,(H,13,14). The third kappa shape index (κ3) is 3.29. The van der Waals surface area contributed by atoms with Gasteiger partial charge in [-0.1, -0.05) is 13.3 Å². The minimum atomic E-state index is 0.478. The third-order valence-corrected chi connectivity index (χ3v) is 2.69. The van der Waals surface area contributed by atoms with Crippen LogP contribution in [-0.2, 0) is 0 Å². The van der Waals surface area contributed by atoms with E-state index in [1.54, 1.807) is 0 Å². The zero-order valence-electron chi connectivity index (χ0n) is 8.97. The zero-order valence-corrected chi connectivity index (χ0v) is 10.6. The number of nitrogens with one attached hydrogen (secondary N) is 1. The Morgan fingerprint density at radius 3 is 2.86 bits per heavy atom. The normalized spacial score (nSPS) is 12.6. The molecule has 0 aliphatic heterocycles. The van der Waals surface area contributed by atoms with Crippen LogP contribution in [0.1, 0.15) is 32.3 Å². The fourth-order valence-electron chi connectivity index (χ4n) is 1.38. The Kier molecular flexibility index (Phi) is 4.39. The average molecular weight is 257 g/mol. The molecule has 1 heterocycles. The van der Waals surface area contributed by atoms with Crippen LogP contribution in [-0.4, -0.2) is 11.0 Å². The van der Waals surface area contributed by atoms with Gasteiger partial charge in [0.15, 0.2) is 0 Å². The molecule has 14 heavy (non-hydrogen) atoms. The van der Waals surface area contributed by atoms with Gasteiger partial charge in [0.2, 0.25) is 0 Å². The fourth-order valence-corrected chi connectivity index (χ4v) is 1.96. The molecule has 0 fully saturated rings. The summed E-state index contributed by atoms with van der Waals surface area (Å²) >= 11 is 3.50. The van der Waals surface area contributed by atoms with E-state index in [9.17, 15) is 0 Å². The maximum atomic E-state index is 4.34. The molecule has 78 valence electrons. The van der Waals surface area contributed by atoms with Crippen molar-refractivity contribution in [3.05, 3.63) is 22.3 Å². The van der Waals surface area contributed by atoms with E-state index in [-0.39, 0.29) is 0 Å². The van der Waals surface area contributed by atoms with Crippen molar-refractivity contribution in [2.75, 3.05) is 5.32 Å². The minimum Gasteiger partial charge on any atom is -0.367 e. The lowest BCUT2D eigenvalue weighted by atomic mass is 10.2. The van der Waals surface area contributed by atoms with Gasteiger partial charge in [-0.05, 0) is 47.8 Å². The van der Waals surface area contributed by atoms with Crippen molar-refractivity contribution in [1.82, 2.24) is 4.98 Å². The number of hydrogen-bond acceptors (Lipinski definition) is 2. The summed E-state index contributed by atoms with van der Waals surface area (Å²) in [6, 6.07) is 2.56. The van der Waals surface area contributed by atoms with Gasteiger partial charge in [-0.3, -0.25) is 0 Å². The molecule has 2 nitrogen and oxygen atoms in total. The van der Waals surface area contributed by atoms with Crippen molar-refractivity contribution in [2.45, 2.75) is 39.7 Å². The Morgan fingerprint density at radius 2 is 2.29 bits per heavy atom. The summed E-state index contributed by atoms with van der Waals surface area (Å²) in [5.41, 5.74) is 1.17. The second kappa shape index (κ2) is 5.35. The number of halogens is 1. The first-order valence-electron chi connectivity index (χ1n) is 5.02. The highest BCUT2D eigenvalue weighted by Crippen LogP contribution is 2.21. The summed E-state index contributed by atoms with van der Waals surface area (Å²) in [5, 5.41) is 3.38. The molecular weight excluding hydrogens is 240 g/mol. The molecule has 0 spiro atoms. The quantitative estimate of drug-likeness (QED) is 0.888. The van der Waals surface area contributed by atoms with Crippen LogP contribution in [0, 0.1) is 6.92 Å². The monoisotopic (exact) mass is 256 g/mol. The van der Waals surface area contributed by atoms with E-state index in [0.717, 1.165) is 10.3 Å². The third-order valence-electron chi connectivity index (χ3n) is 2.08. The average Bonchev–Trinajstić information content (AvgIpc) is 2.10. The first-order chi connectivity index (χ1) is 6.63. The number of rotatable bonds is 4. The highest BCUT2D eigenvalue weighted by atomic mass is 79.9. The smallest absolute Gasteiger partial charge is 0.140 e. The van der Waals surface area contributed by atoms with Gasteiger partial charge in [-0.25, -0.2) is 4.98 Å². The van der Waals surface area contributed by atoms with E-state index in [4.69, 9.17) is 0 Å². The van der Waals surface area contributed by atoms with Crippen molar-refractivity contribution >= 4 is 21.7 Å². The van der Waals surface area contributed by atoms with Crippen LogP contribution in [0.15, 0.2) is 16.7 Å². The summed E-state index contributed by atoms with van der Waals surface area (Å²) < 4.78 is 1.04. The van der Waals surface area contributed by atoms with Gasteiger partial charge in [0.25, 0.3) is 0 Å². The maximum absolute atomic E-state index is 4.34. The molecule has 0 saturated heterocycles. The number of aromatic nitrogens is 1.